The Hall–Kier alpha value is -3.75. The highest BCUT2D eigenvalue weighted by Crippen LogP contribution is 2.27. The first-order valence-corrected chi connectivity index (χ1v) is 11.1. The van der Waals surface area contributed by atoms with E-state index in [9.17, 15) is 9.18 Å². The third-order valence-corrected chi connectivity index (χ3v) is 5.67. The minimum absolute atomic E-state index is 0.0324. The molecule has 1 saturated heterocycles. The van der Waals surface area contributed by atoms with Crippen LogP contribution >= 0.6 is 11.6 Å². The van der Waals surface area contributed by atoms with Gasteiger partial charge in [-0.05, 0) is 54.6 Å². The zero-order chi connectivity index (χ0) is 23.5. The van der Waals surface area contributed by atoms with Gasteiger partial charge in [0.25, 0.3) is 5.91 Å². The molecule has 1 amide bonds. The highest BCUT2D eigenvalue weighted by atomic mass is 35.5. The Balaban J connectivity index is 1.27. The van der Waals surface area contributed by atoms with E-state index in [0.717, 1.165) is 36.0 Å². The predicted octanol–water partition coefficient (Wildman–Crippen LogP) is 5.30. The van der Waals surface area contributed by atoms with Crippen LogP contribution in [-0.4, -0.2) is 42.2 Å². The van der Waals surface area contributed by atoms with Gasteiger partial charge < -0.3 is 19.7 Å². The van der Waals surface area contributed by atoms with Gasteiger partial charge in [0, 0.05) is 30.4 Å². The monoisotopic (exact) mass is 478 g/mol. The summed E-state index contributed by atoms with van der Waals surface area (Å²) >= 11 is 5.67. The maximum Gasteiger partial charge on any atom is 0.255 e. The lowest BCUT2D eigenvalue weighted by Crippen LogP contribution is -2.36. The van der Waals surface area contributed by atoms with Crippen LogP contribution < -0.4 is 15.0 Å². The SMILES string of the molecule is O=C(Nc1ccc(Oc2ccc3ncc(N4CCOCC4)nc3c2)cc1)c1ccc(Cl)c(F)c1. The molecule has 1 aliphatic heterocycles. The third kappa shape index (κ3) is 4.93. The number of amides is 1. The fraction of sp³-hybridized carbons (Fsp3) is 0.160. The molecule has 0 atom stereocenters. The molecule has 9 heteroatoms. The molecule has 3 aromatic carbocycles. The number of aromatic nitrogens is 2. The van der Waals surface area contributed by atoms with E-state index in [0.29, 0.717) is 30.4 Å². The number of carbonyl (C=O) groups is 1. The van der Waals surface area contributed by atoms with Gasteiger partial charge in [-0.3, -0.25) is 9.78 Å². The summed E-state index contributed by atoms with van der Waals surface area (Å²) in [6.07, 6.45) is 1.78. The number of fused-ring (bicyclic) bond motifs is 1. The molecule has 1 aliphatic rings. The molecular weight excluding hydrogens is 459 g/mol. The van der Waals surface area contributed by atoms with E-state index in [1.54, 1.807) is 30.5 Å². The average molecular weight is 479 g/mol. The first-order chi connectivity index (χ1) is 16.5. The zero-order valence-electron chi connectivity index (χ0n) is 18.0. The van der Waals surface area contributed by atoms with Gasteiger partial charge in [0.1, 0.15) is 23.1 Å². The van der Waals surface area contributed by atoms with Crippen LogP contribution in [0.1, 0.15) is 10.4 Å². The van der Waals surface area contributed by atoms with E-state index in [4.69, 9.17) is 26.1 Å². The van der Waals surface area contributed by atoms with Crippen molar-refractivity contribution in [2.45, 2.75) is 0 Å². The van der Waals surface area contributed by atoms with Gasteiger partial charge in [0.05, 0.1) is 35.5 Å². The van der Waals surface area contributed by atoms with E-state index in [1.165, 1.54) is 12.1 Å². The Labute approximate surface area is 200 Å². The molecule has 0 aliphatic carbocycles. The van der Waals surface area contributed by atoms with Gasteiger partial charge in [0.2, 0.25) is 0 Å². The van der Waals surface area contributed by atoms with Gasteiger partial charge in [-0.25, -0.2) is 9.37 Å². The summed E-state index contributed by atoms with van der Waals surface area (Å²) in [5, 5.41) is 2.69. The van der Waals surface area contributed by atoms with Crippen LogP contribution in [0.2, 0.25) is 5.02 Å². The molecule has 4 aromatic rings. The fourth-order valence-electron chi connectivity index (χ4n) is 3.57. The summed E-state index contributed by atoms with van der Waals surface area (Å²) in [6, 6.07) is 16.3. The summed E-state index contributed by atoms with van der Waals surface area (Å²) in [5.74, 6) is 0.943. The molecule has 0 spiro atoms. The maximum absolute atomic E-state index is 13.6. The van der Waals surface area contributed by atoms with E-state index < -0.39 is 11.7 Å². The number of nitrogens with one attached hydrogen (secondary N) is 1. The lowest BCUT2D eigenvalue weighted by molar-refractivity contribution is 0.102. The molecule has 0 radical (unpaired) electrons. The number of rotatable bonds is 5. The molecule has 2 heterocycles. The zero-order valence-corrected chi connectivity index (χ0v) is 18.8. The van der Waals surface area contributed by atoms with E-state index >= 15 is 0 Å². The van der Waals surface area contributed by atoms with Gasteiger partial charge in [0.15, 0.2) is 0 Å². The minimum Gasteiger partial charge on any atom is -0.457 e. The third-order valence-electron chi connectivity index (χ3n) is 5.37. The minimum atomic E-state index is -0.643. The normalized spacial score (nSPS) is 13.6. The molecule has 0 saturated carbocycles. The van der Waals surface area contributed by atoms with Crippen LogP contribution in [0.5, 0.6) is 11.5 Å². The Morgan fingerprint density at radius 2 is 1.76 bits per heavy atom. The lowest BCUT2D eigenvalue weighted by atomic mass is 10.2. The Bertz CT molecular complexity index is 1340. The van der Waals surface area contributed by atoms with Gasteiger partial charge in [-0.2, -0.15) is 0 Å². The highest BCUT2D eigenvalue weighted by molar-refractivity contribution is 6.30. The van der Waals surface area contributed by atoms with Gasteiger partial charge in [-0.1, -0.05) is 11.6 Å². The van der Waals surface area contributed by atoms with Crippen molar-refractivity contribution in [2.24, 2.45) is 0 Å². The van der Waals surface area contributed by atoms with Crippen molar-refractivity contribution in [1.82, 2.24) is 9.97 Å². The fourth-order valence-corrected chi connectivity index (χ4v) is 3.69. The number of morpholine rings is 1. The second-order valence-corrected chi connectivity index (χ2v) is 8.09. The summed E-state index contributed by atoms with van der Waals surface area (Å²) in [7, 11) is 0. The first kappa shape index (κ1) is 22.1. The van der Waals surface area contributed by atoms with E-state index in [1.807, 2.05) is 18.2 Å². The summed E-state index contributed by atoms with van der Waals surface area (Å²) < 4.78 is 25.0. The van der Waals surface area contributed by atoms with Gasteiger partial charge in [-0.15, -0.1) is 0 Å². The Morgan fingerprint density at radius 3 is 2.53 bits per heavy atom. The van der Waals surface area contributed by atoms with Crippen molar-refractivity contribution in [3.05, 3.63) is 83.3 Å². The van der Waals surface area contributed by atoms with Crippen LogP contribution in [-0.2, 0) is 4.74 Å². The molecule has 0 unspecified atom stereocenters. The van der Waals surface area contributed by atoms with Crippen molar-refractivity contribution < 1.29 is 18.7 Å². The average Bonchev–Trinajstić information content (AvgIpc) is 2.87. The standard InChI is InChI=1S/C25H20ClFN4O3/c26-20-7-1-16(13-21(20)27)25(32)29-17-2-4-18(5-3-17)34-19-6-8-22-23(14-19)30-24(15-28-22)31-9-11-33-12-10-31/h1-8,13-15H,9-12H2,(H,29,32). The van der Waals surface area contributed by atoms with Crippen LogP contribution in [0, 0.1) is 5.82 Å². The number of hydrogen-bond acceptors (Lipinski definition) is 6. The predicted molar refractivity (Wildman–Crippen MR) is 128 cm³/mol. The van der Waals surface area contributed by atoms with Gasteiger partial charge >= 0.3 is 0 Å². The summed E-state index contributed by atoms with van der Waals surface area (Å²) in [5.41, 5.74) is 2.24. The van der Waals surface area contributed by atoms with Crippen molar-refractivity contribution >= 4 is 40.0 Å². The molecule has 34 heavy (non-hydrogen) atoms. The van der Waals surface area contributed by atoms with Crippen LogP contribution in [0.25, 0.3) is 11.0 Å². The molecule has 1 fully saturated rings. The maximum atomic E-state index is 13.6. The van der Waals surface area contributed by atoms with Crippen LogP contribution in [0.15, 0.2) is 66.9 Å². The molecule has 7 nitrogen and oxygen atoms in total. The quantitative estimate of drug-likeness (QED) is 0.419. The smallest absolute Gasteiger partial charge is 0.255 e. The number of carbonyl (C=O) groups excluding carboxylic acids is 1. The second kappa shape index (κ2) is 9.62. The molecule has 0 bridgehead atoms. The van der Waals surface area contributed by atoms with Crippen LogP contribution in [0.4, 0.5) is 15.9 Å². The molecular formula is C25H20ClFN4O3. The number of benzene rings is 3. The summed E-state index contributed by atoms with van der Waals surface area (Å²) in [4.78, 5) is 23.7. The molecule has 5 rings (SSSR count). The van der Waals surface area contributed by atoms with E-state index in [2.05, 4.69) is 15.2 Å². The Morgan fingerprint density at radius 1 is 1.00 bits per heavy atom. The number of hydrogen-bond donors (Lipinski definition) is 1. The highest BCUT2D eigenvalue weighted by Gasteiger charge is 2.14. The van der Waals surface area contributed by atoms with Crippen molar-refractivity contribution in [3.8, 4) is 11.5 Å². The van der Waals surface area contributed by atoms with E-state index in [-0.39, 0.29) is 10.6 Å². The van der Waals surface area contributed by atoms with Crippen LogP contribution in [0.3, 0.4) is 0 Å². The molecule has 1 N–H and O–H groups in total. The molecule has 1 aromatic heterocycles. The van der Waals surface area contributed by atoms with Crippen molar-refractivity contribution in [2.75, 3.05) is 36.5 Å². The second-order valence-electron chi connectivity index (χ2n) is 7.69. The number of halogens is 2. The molecule has 172 valence electrons. The lowest BCUT2D eigenvalue weighted by Gasteiger charge is -2.27. The summed E-state index contributed by atoms with van der Waals surface area (Å²) in [6.45, 7) is 2.92. The number of ether oxygens (including phenoxy) is 2. The number of nitrogens with zero attached hydrogens (tertiary/aromatic N) is 3. The topological polar surface area (TPSA) is 76.6 Å². The number of anilines is 2. The Kier molecular flexibility index (Phi) is 6.24. The largest absolute Gasteiger partial charge is 0.457 e. The first-order valence-electron chi connectivity index (χ1n) is 10.7. The van der Waals surface area contributed by atoms with Crippen molar-refractivity contribution in [1.29, 1.82) is 0 Å². The van der Waals surface area contributed by atoms with Crippen molar-refractivity contribution in [3.63, 3.8) is 0 Å².